The molecule has 35 heavy (non-hydrogen) atoms. The summed E-state index contributed by atoms with van der Waals surface area (Å²) in [5, 5.41) is -0.640. The maximum atomic E-state index is 13.5. The summed E-state index contributed by atoms with van der Waals surface area (Å²) in [4.78, 5) is 17.4. The van der Waals surface area contributed by atoms with Gasteiger partial charge in [-0.1, -0.05) is 31.4 Å². The average Bonchev–Trinajstić information content (AvgIpc) is 3.19. The quantitative estimate of drug-likeness (QED) is 0.394. The predicted octanol–water partition coefficient (Wildman–Crippen LogP) is 5.68. The van der Waals surface area contributed by atoms with Gasteiger partial charge in [-0.3, -0.25) is 13.9 Å². The first-order valence-electron chi connectivity index (χ1n) is 12.8. The molecule has 1 fully saturated rings. The van der Waals surface area contributed by atoms with E-state index in [1.807, 2.05) is 42.5 Å². The van der Waals surface area contributed by atoms with Crippen molar-refractivity contribution in [2.24, 2.45) is 0 Å². The van der Waals surface area contributed by atoms with E-state index in [1.54, 1.807) is 12.0 Å². The number of methoxy groups -OCH3 is 1. The van der Waals surface area contributed by atoms with Gasteiger partial charge in [0.2, 0.25) is 5.91 Å². The van der Waals surface area contributed by atoms with Crippen LogP contribution in [0.25, 0.3) is 0 Å². The lowest BCUT2D eigenvalue weighted by molar-refractivity contribution is -0.116. The van der Waals surface area contributed by atoms with E-state index < -0.39 is 16.2 Å². The molecule has 0 aromatic heterocycles. The lowest BCUT2D eigenvalue weighted by Gasteiger charge is -2.31. The number of hydrogen-bond donors (Lipinski definition) is 0. The molecule has 2 unspecified atom stereocenters. The average molecular weight is 499 g/mol. The minimum Gasteiger partial charge on any atom is -0.497 e. The first-order valence-corrected chi connectivity index (χ1v) is 14.0. The summed E-state index contributed by atoms with van der Waals surface area (Å²) in [5.41, 5.74) is 1.41. The summed E-state index contributed by atoms with van der Waals surface area (Å²) in [5.74, 6) is 1.15. The minimum atomic E-state index is -1.41. The fraction of sp³-hybridized carbons (Fsp3) is 0.536. The Morgan fingerprint density at radius 1 is 1.09 bits per heavy atom. The molecule has 1 saturated carbocycles. The SMILES string of the molecule is COc1ccc(OCCCCCN(C)C2CCCCC2)c(C2N(C(C)=O)c3ccccc3S2=O)c1. The summed E-state index contributed by atoms with van der Waals surface area (Å²) in [6, 6.07) is 13.7. The van der Waals surface area contributed by atoms with Crippen LogP contribution < -0.4 is 14.4 Å². The van der Waals surface area contributed by atoms with Crippen LogP contribution in [-0.2, 0) is 15.6 Å². The number of rotatable bonds is 10. The van der Waals surface area contributed by atoms with Gasteiger partial charge in [0.25, 0.3) is 0 Å². The molecule has 7 heteroatoms. The van der Waals surface area contributed by atoms with E-state index in [1.165, 1.54) is 39.0 Å². The molecule has 2 atom stereocenters. The van der Waals surface area contributed by atoms with Gasteiger partial charge in [0.1, 0.15) is 16.9 Å². The van der Waals surface area contributed by atoms with Crippen molar-refractivity contribution in [3.8, 4) is 11.5 Å². The third-order valence-corrected chi connectivity index (χ3v) is 8.86. The van der Waals surface area contributed by atoms with Crippen molar-refractivity contribution in [2.45, 2.75) is 74.6 Å². The topological polar surface area (TPSA) is 59.1 Å². The predicted molar refractivity (Wildman–Crippen MR) is 141 cm³/mol. The Hall–Kier alpha value is -2.38. The Bertz CT molecular complexity index is 1040. The third kappa shape index (κ3) is 5.89. The van der Waals surface area contributed by atoms with Crippen LogP contribution in [0.3, 0.4) is 0 Å². The first-order chi connectivity index (χ1) is 17.0. The molecule has 0 N–H and O–H groups in total. The number of amides is 1. The second-order valence-electron chi connectivity index (χ2n) is 9.59. The Labute approximate surface area is 212 Å². The van der Waals surface area contributed by atoms with Crippen molar-refractivity contribution in [3.05, 3.63) is 48.0 Å². The zero-order valence-electron chi connectivity index (χ0n) is 21.2. The first kappa shape index (κ1) is 25.7. The van der Waals surface area contributed by atoms with Crippen molar-refractivity contribution in [3.63, 3.8) is 0 Å². The Morgan fingerprint density at radius 2 is 1.86 bits per heavy atom. The van der Waals surface area contributed by atoms with Crippen LogP contribution in [0.2, 0.25) is 0 Å². The van der Waals surface area contributed by atoms with Crippen LogP contribution in [0.15, 0.2) is 47.4 Å². The molecule has 0 spiro atoms. The standard InChI is InChI=1S/C28H38N2O4S/c1-21(31)30-25-14-8-9-15-27(25)35(32)28(30)24-20-23(33-3)16-17-26(24)34-19-11-5-10-18-29(2)22-12-6-4-7-13-22/h8-9,14-17,20,22,28H,4-7,10-13,18-19H2,1-3H3. The Kier molecular flexibility index (Phi) is 8.84. The van der Waals surface area contributed by atoms with E-state index in [9.17, 15) is 9.00 Å². The molecular formula is C28H38N2O4S. The monoisotopic (exact) mass is 498 g/mol. The summed E-state index contributed by atoms with van der Waals surface area (Å²) < 4.78 is 25.1. The van der Waals surface area contributed by atoms with E-state index in [-0.39, 0.29) is 5.91 Å². The maximum absolute atomic E-state index is 13.5. The molecule has 6 nitrogen and oxygen atoms in total. The van der Waals surface area contributed by atoms with E-state index in [2.05, 4.69) is 11.9 Å². The number of anilines is 1. The van der Waals surface area contributed by atoms with Crippen LogP contribution in [0.5, 0.6) is 11.5 Å². The highest BCUT2D eigenvalue weighted by Gasteiger charge is 2.41. The van der Waals surface area contributed by atoms with E-state index in [0.717, 1.165) is 31.8 Å². The third-order valence-electron chi connectivity index (χ3n) is 7.21. The van der Waals surface area contributed by atoms with Crippen LogP contribution >= 0.6 is 0 Å². The molecule has 0 saturated heterocycles. The smallest absolute Gasteiger partial charge is 0.225 e. The molecule has 0 radical (unpaired) electrons. The van der Waals surface area contributed by atoms with Crippen LogP contribution in [-0.4, -0.2) is 48.4 Å². The zero-order chi connectivity index (χ0) is 24.8. The number of carbonyl (C=O) groups excluding carboxylic acids is 1. The molecule has 4 rings (SSSR count). The van der Waals surface area contributed by atoms with Gasteiger partial charge in [-0.2, -0.15) is 0 Å². The van der Waals surface area contributed by atoms with Gasteiger partial charge in [0.05, 0.1) is 35.1 Å². The fourth-order valence-corrected chi connectivity index (χ4v) is 6.96. The summed E-state index contributed by atoms with van der Waals surface area (Å²) >= 11 is 0. The highest BCUT2D eigenvalue weighted by Crippen LogP contribution is 2.47. The van der Waals surface area contributed by atoms with Gasteiger partial charge >= 0.3 is 0 Å². The van der Waals surface area contributed by atoms with Gasteiger partial charge in [-0.15, -0.1) is 0 Å². The van der Waals surface area contributed by atoms with Crippen molar-refractivity contribution in [2.75, 3.05) is 32.2 Å². The van der Waals surface area contributed by atoms with Crippen molar-refractivity contribution >= 4 is 22.4 Å². The van der Waals surface area contributed by atoms with Gasteiger partial charge in [0, 0.05) is 18.5 Å². The molecule has 2 aliphatic rings. The Morgan fingerprint density at radius 3 is 2.60 bits per heavy atom. The molecule has 2 aromatic carbocycles. The fourth-order valence-electron chi connectivity index (χ4n) is 5.26. The molecular weight excluding hydrogens is 460 g/mol. The largest absolute Gasteiger partial charge is 0.497 e. The maximum Gasteiger partial charge on any atom is 0.225 e. The number of ether oxygens (including phenoxy) is 2. The lowest BCUT2D eigenvalue weighted by Crippen LogP contribution is -2.34. The second-order valence-corrected chi connectivity index (χ2v) is 11.1. The zero-order valence-corrected chi connectivity index (χ0v) is 22.0. The van der Waals surface area contributed by atoms with Crippen molar-refractivity contribution in [1.82, 2.24) is 4.90 Å². The van der Waals surface area contributed by atoms with Crippen LogP contribution in [0.4, 0.5) is 5.69 Å². The number of fused-ring (bicyclic) bond motifs is 1. The van der Waals surface area contributed by atoms with Gasteiger partial charge < -0.3 is 14.4 Å². The van der Waals surface area contributed by atoms with E-state index in [0.29, 0.717) is 34.3 Å². The number of carbonyl (C=O) groups is 1. The second kappa shape index (κ2) is 12.0. The number of nitrogens with zero attached hydrogens (tertiary/aromatic N) is 2. The van der Waals surface area contributed by atoms with Gasteiger partial charge in [-0.25, -0.2) is 0 Å². The molecule has 1 aliphatic carbocycles. The van der Waals surface area contributed by atoms with Gasteiger partial charge in [0.15, 0.2) is 0 Å². The van der Waals surface area contributed by atoms with E-state index in [4.69, 9.17) is 9.47 Å². The minimum absolute atomic E-state index is 0.149. The molecule has 190 valence electrons. The summed E-state index contributed by atoms with van der Waals surface area (Å²) in [7, 11) is 2.45. The number of unbranched alkanes of at least 4 members (excludes halogenated alkanes) is 2. The van der Waals surface area contributed by atoms with Gasteiger partial charge in [-0.05, 0) is 76.0 Å². The normalized spacial score (nSPS) is 20.2. The number of benzene rings is 2. The summed E-state index contributed by atoms with van der Waals surface area (Å²) in [6.07, 6.45) is 10.0. The van der Waals surface area contributed by atoms with Crippen molar-refractivity contribution in [1.29, 1.82) is 0 Å². The Balaban J connectivity index is 1.40. The molecule has 1 aliphatic heterocycles. The number of para-hydroxylation sites is 1. The van der Waals surface area contributed by atoms with Crippen molar-refractivity contribution < 1.29 is 18.5 Å². The van der Waals surface area contributed by atoms with Crippen LogP contribution in [0, 0.1) is 0 Å². The number of hydrogen-bond acceptors (Lipinski definition) is 5. The molecule has 1 heterocycles. The lowest BCUT2D eigenvalue weighted by atomic mass is 9.94. The van der Waals surface area contributed by atoms with Crippen LogP contribution in [0.1, 0.15) is 69.2 Å². The highest BCUT2D eigenvalue weighted by atomic mass is 32.2. The molecule has 2 aromatic rings. The highest BCUT2D eigenvalue weighted by molar-refractivity contribution is 7.86. The van der Waals surface area contributed by atoms with E-state index >= 15 is 0 Å². The molecule has 0 bridgehead atoms. The molecule has 1 amide bonds. The summed E-state index contributed by atoms with van der Waals surface area (Å²) in [6.45, 7) is 3.22.